The largest absolute Gasteiger partial charge is 0.492 e. The quantitative estimate of drug-likeness (QED) is 0.228. The molecular formula is C28H29N3O4S. The van der Waals surface area contributed by atoms with Crippen LogP contribution >= 0.6 is 11.8 Å². The van der Waals surface area contributed by atoms with Crippen LogP contribution in [0.15, 0.2) is 88.8 Å². The lowest BCUT2D eigenvalue weighted by Crippen LogP contribution is -2.29. The first-order valence-corrected chi connectivity index (χ1v) is 12.7. The highest BCUT2D eigenvalue weighted by Gasteiger charge is 2.27. The number of methoxy groups -OCH3 is 1. The van der Waals surface area contributed by atoms with Crippen LogP contribution in [0.25, 0.3) is 10.9 Å². The van der Waals surface area contributed by atoms with Crippen LogP contribution in [0.2, 0.25) is 0 Å². The van der Waals surface area contributed by atoms with Gasteiger partial charge < -0.3 is 14.8 Å². The second-order valence-electron chi connectivity index (χ2n) is 8.22. The zero-order valence-electron chi connectivity index (χ0n) is 20.5. The molecule has 1 N–H and O–H groups in total. The van der Waals surface area contributed by atoms with E-state index in [0.29, 0.717) is 40.7 Å². The molecule has 4 aromatic rings. The lowest BCUT2D eigenvalue weighted by molar-refractivity contribution is -0.115. The highest BCUT2D eigenvalue weighted by Crippen LogP contribution is 2.37. The summed E-state index contributed by atoms with van der Waals surface area (Å²) < 4.78 is 12.7. The Morgan fingerprint density at radius 1 is 1.03 bits per heavy atom. The van der Waals surface area contributed by atoms with Crippen molar-refractivity contribution in [3.05, 3.63) is 94.8 Å². The van der Waals surface area contributed by atoms with Crippen LogP contribution in [0.1, 0.15) is 30.7 Å². The van der Waals surface area contributed by atoms with Gasteiger partial charge in [0.2, 0.25) is 5.91 Å². The van der Waals surface area contributed by atoms with Crippen molar-refractivity contribution in [3.8, 4) is 5.75 Å². The summed E-state index contributed by atoms with van der Waals surface area (Å²) in [6, 6.07) is 23.8. The van der Waals surface area contributed by atoms with Gasteiger partial charge in [0.25, 0.3) is 5.56 Å². The summed E-state index contributed by atoms with van der Waals surface area (Å²) in [4.78, 5) is 32.0. The molecule has 0 spiro atoms. The van der Waals surface area contributed by atoms with Gasteiger partial charge in [0.15, 0.2) is 5.16 Å². The molecule has 0 unspecified atom stereocenters. The molecule has 0 saturated carbocycles. The number of para-hydroxylation sites is 3. The summed E-state index contributed by atoms with van der Waals surface area (Å²) in [5.41, 5.74) is 1.80. The Kier molecular flexibility index (Phi) is 8.40. The third kappa shape index (κ3) is 5.61. The summed E-state index contributed by atoms with van der Waals surface area (Å²) in [5, 5.41) is 3.32. The molecule has 7 nitrogen and oxygen atoms in total. The maximum absolute atomic E-state index is 13.7. The Morgan fingerprint density at radius 2 is 1.72 bits per heavy atom. The van der Waals surface area contributed by atoms with E-state index in [9.17, 15) is 9.59 Å². The van der Waals surface area contributed by atoms with Crippen molar-refractivity contribution in [2.24, 2.45) is 0 Å². The van der Waals surface area contributed by atoms with Crippen molar-refractivity contribution in [2.45, 2.75) is 30.3 Å². The first-order chi connectivity index (χ1) is 17.5. The van der Waals surface area contributed by atoms with Gasteiger partial charge in [-0.05, 0) is 43.7 Å². The van der Waals surface area contributed by atoms with Gasteiger partial charge in [-0.2, -0.15) is 0 Å². The molecule has 0 aliphatic carbocycles. The number of aromatic nitrogens is 2. The third-order valence-corrected chi connectivity index (χ3v) is 6.85. The number of thioether (sulfide) groups is 1. The zero-order valence-corrected chi connectivity index (χ0v) is 21.3. The third-order valence-electron chi connectivity index (χ3n) is 5.63. The molecule has 0 bridgehead atoms. The molecule has 1 heterocycles. The first kappa shape index (κ1) is 25.5. The number of carbonyl (C=O) groups is 1. The second kappa shape index (κ2) is 11.9. The van der Waals surface area contributed by atoms with Gasteiger partial charge >= 0.3 is 0 Å². The summed E-state index contributed by atoms with van der Waals surface area (Å²) in [6.07, 6.45) is 0. The highest BCUT2D eigenvalue weighted by molar-refractivity contribution is 8.00. The summed E-state index contributed by atoms with van der Waals surface area (Å²) >= 11 is 1.24. The smallest absolute Gasteiger partial charge is 0.262 e. The molecule has 3 aromatic carbocycles. The van der Waals surface area contributed by atoms with E-state index in [1.54, 1.807) is 23.8 Å². The summed E-state index contributed by atoms with van der Waals surface area (Å²) in [5.74, 6) is 0.353. The van der Waals surface area contributed by atoms with E-state index in [1.807, 2.05) is 80.6 Å². The summed E-state index contributed by atoms with van der Waals surface area (Å²) in [6.45, 7) is 4.61. The van der Waals surface area contributed by atoms with Crippen LogP contribution in [-0.4, -0.2) is 35.8 Å². The topological polar surface area (TPSA) is 82.5 Å². The average Bonchev–Trinajstić information content (AvgIpc) is 2.89. The van der Waals surface area contributed by atoms with E-state index in [4.69, 9.17) is 14.5 Å². The number of anilines is 1. The van der Waals surface area contributed by atoms with Crippen molar-refractivity contribution in [3.63, 3.8) is 0 Å². The fraction of sp³-hybridized carbons (Fsp3) is 0.250. The van der Waals surface area contributed by atoms with Gasteiger partial charge in [0.1, 0.15) is 11.0 Å². The number of fused-ring (bicyclic) bond motifs is 1. The molecule has 0 radical (unpaired) electrons. The van der Waals surface area contributed by atoms with Crippen molar-refractivity contribution in [2.75, 3.05) is 25.6 Å². The molecular weight excluding hydrogens is 474 g/mol. The van der Waals surface area contributed by atoms with Gasteiger partial charge in [-0.3, -0.25) is 14.2 Å². The van der Waals surface area contributed by atoms with E-state index in [1.165, 1.54) is 11.8 Å². The Hall–Kier alpha value is -3.62. The minimum Gasteiger partial charge on any atom is -0.492 e. The lowest BCUT2D eigenvalue weighted by Gasteiger charge is -2.22. The lowest BCUT2D eigenvalue weighted by atomic mass is 10.1. The van der Waals surface area contributed by atoms with E-state index in [2.05, 4.69) is 5.32 Å². The summed E-state index contributed by atoms with van der Waals surface area (Å²) in [7, 11) is 1.60. The molecule has 4 rings (SSSR count). The van der Waals surface area contributed by atoms with Crippen LogP contribution in [-0.2, 0) is 9.53 Å². The first-order valence-electron chi connectivity index (χ1n) is 11.8. The molecule has 2 atom stereocenters. The van der Waals surface area contributed by atoms with Gasteiger partial charge in [0.05, 0.1) is 35.8 Å². The van der Waals surface area contributed by atoms with E-state index in [0.717, 1.165) is 5.56 Å². The number of hydrogen-bond donors (Lipinski definition) is 1. The van der Waals surface area contributed by atoms with Crippen molar-refractivity contribution in [1.29, 1.82) is 0 Å². The molecule has 0 fully saturated rings. The van der Waals surface area contributed by atoms with Crippen LogP contribution in [0, 0.1) is 0 Å². The van der Waals surface area contributed by atoms with Crippen molar-refractivity contribution in [1.82, 2.24) is 9.55 Å². The molecule has 8 heteroatoms. The second-order valence-corrected chi connectivity index (χ2v) is 9.29. The number of nitrogens with one attached hydrogen (secondary N) is 1. The average molecular weight is 504 g/mol. The fourth-order valence-electron chi connectivity index (χ4n) is 3.97. The standard InChI is InChI=1S/C28H29N3O4S/c1-4-35-24-17-11-10-16-23(24)29-26(32)25(20-12-6-5-7-13-20)36-28-30-22-15-9-8-14-21(22)27(33)31(28)19(2)18-34-3/h5-17,19,25H,4,18H2,1-3H3,(H,29,32)/t19-,25-/m1/s1. The molecule has 186 valence electrons. The number of rotatable bonds is 10. The molecule has 1 aromatic heterocycles. The number of carbonyl (C=O) groups excluding carboxylic acids is 1. The van der Waals surface area contributed by atoms with Crippen molar-refractivity contribution >= 4 is 34.3 Å². The normalized spacial score (nSPS) is 12.8. The molecule has 36 heavy (non-hydrogen) atoms. The minimum atomic E-state index is -0.671. The maximum atomic E-state index is 13.7. The SMILES string of the molecule is CCOc1ccccc1NC(=O)[C@H](Sc1nc2ccccc2c(=O)n1[C@H](C)COC)c1ccccc1. The molecule has 0 aliphatic heterocycles. The van der Waals surface area contributed by atoms with Crippen molar-refractivity contribution < 1.29 is 14.3 Å². The van der Waals surface area contributed by atoms with Gasteiger partial charge in [-0.15, -0.1) is 0 Å². The van der Waals surface area contributed by atoms with E-state index in [-0.39, 0.29) is 17.5 Å². The van der Waals surface area contributed by atoms with Gasteiger partial charge in [-0.1, -0.05) is 66.4 Å². The van der Waals surface area contributed by atoms with Crippen LogP contribution in [0.3, 0.4) is 0 Å². The fourth-order valence-corrected chi connectivity index (χ4v) is 5.17. The Morgan fingerprint density at radius 3 is 2.47 bits per heavy atom. The highest BCUT2D eigenvalue weighted by atomic mass is 32.2. The predicted molar refractivity (Wildman–Crippen MR) is 144 cm³/mol. The predicted octanol–water partition coefficient (Wildman–Crippen LogP) is 5.47. The number of benzene rings is 3. The monoisotopic (exact) mass is 503 g/mol. The zero-order chi connectivity index (χ0) is 25.5. The van der Waals surface area contributed by atoms with Gasteiger partial charge in [-0.25, -0.2) is 4.98 Å². The Labute approximate surface area is 214 Å². The minimum absolute atomic E-state index is 0.165. The van der Waals surface area contributed by atoms with Crippen LogP contribution in [0.4, 0.5) is 5.69 Å². The van der Waals surface area contributed by atoms with E-state index >= 15 is 0 Å². The molecule has 0 aliphatic rings. The maximum Gasteiger partial charge on any atom is 0.262 e. The molecule has 1 amide bonds. The van der Waals surface area contributed by atoms with Crippen LogP contribution < -0.4 is 15.6 Å². The number of ether oxygens (including phenoxy) is 2. The Balaban J connectivity index is 1.78. The number of nitrogens with zero attached hydrogens (tertiary/aromatic N) is 2. The van der Waals surface area contributed by atoms with Crippen LogP contribution in [0.5, 0.6) is 5.75 Å². The van der Waals surface area contributed by atoms with Gasteiger partial charge in [0, 0.05) is 7.11 Å². The van der Waals surface area contributed by atoms with E-state index < -0.39 is 5.25 Å². The number of hydrogen-bond acceptors (Lipinski definition) is 6. The molecule has 0 saturated heterocycles. The Bertz CT molecular complexity index is 1390. The number of amides is 1.